The lowest BCUT2D eigenvalue weighted by molar-refractivity contribution is -0.870. The second-order valence-corrected chi connectivity index (χ2v) is 23.5. The third kappa shape index (κ3) is 58.0. The molecule has 2 atom stereocenters. The Morgan fingerprint density at radius 3 is 1.10 bits per heavy atom. The van der Waals surface area contributed by atoms with E-state index in [-0.39, 0.29) is 25.8 Å². The monoisotopic (exact) mass is 998 g/mol. The first kappa shape index (κ1) is 68.2. The molecule has 69 heavy (non-hydrogen) atoms. The number of ether oxygens (including phenoxy) is 2. The van der Waals surface area contributed by atoms with Crippen LogP contribution in [0.2, 0.25) is 0 Å². The van der Waals surface area contributed by atoms with Gasteiger partial charge in [0.2, 0.25) is 0 Å². The van der Waals surface area contributed by atoms with E-state index >= 15 is 0 Å². The van der Waals surface area contributed by atoms with E-state index in [1.54, 1.807) is 0 Å². The highest BCUT2D eigenvalue weighted by atomic mass is 31.2. The summed E-state index contributed by atoms with van der Waals surface area (Å²) in [5.74, 6) is -0.326. The third-order valence-corrected chi connectivity index (χ3v) is 14.8. The molecule has 0 saturated carbocycles. The number of quaternary nitrogens is 1. The second kappa shape index (κ2) is 53.5. The lowest BCUT2D eigenvalue weighted by Gasteiger charge is -2.28. The van der Waals surface area contributed by atoms with Gasteiger partial charge in [-0.05, 0) is 38.5 Å². The van der Waals surface area contributed by atoms with Crippen LogP contribution in [-0.2, 0) is 27.9 Å². The van der Waals surface area contributed by atoms with Crippen LogP contribution in [0.3, 0.4) is 0 Å². The molecule has 0 heterocycles. The zero-order chi connectivity index (χ0) is 50.5. The van der Waals surface area contributed by atoms with Crippen LogP contribution in [0.15, 0.2) is 12.2 Å². The highest BCUT2D eigenvalue weighted by Crippen LogP contribution is 2.38. The van der Waals surface area contributed by atoms with E-state index in [0.29, 0.717) is 24.1 Å². The summed E-state index contributed by atoms with van der Waals surface area (Å²) in [5.41, 5.74) is 0. The SMILES string of the molecule is CCCCCCCCCC/C=C\CCCCCCCCCCCCCC(=O)OC(COCCCCCCCCCCCCCCCCCCCCCCCCCC)COP(=O)([O-])OCC[N+](C)(C)C. The molecule has 2 unspecified atom stereocenters. The van der Waals surface area contributed by atoms with Crippen molar-refractivity contribution < 1.29 is 37.3 Å². The number of hydrogen-bond donors (Lipinski definition) is 0. The van der Waals surface area contributed by atoms with E-state index in [1.807, 2.05) is 21.1 Å². The summed E-state index contributed by atoms with van der Waals surface area (Å²) in [6, 6.07) is 0. The molecule has 0 bridgehead atoms. The van der Waals surface area contributed by atoms with Gasteiger partial charge in [0.1, 0.15) is 19.3 Å². The van der Waals surface area contributed by atoms with Gasteiger partial charge < -0.3 is 27.9 Å². The Kier molecular flexibility index (Phi) is 52.9. The topological polar surface area (TPSA) is 94.1 Å². The molecular weight excluding hydrogens is 878 g/mol. The van der Waals surface area contributed by atoms with Gasteiger partial charge in [-0.3, -0.25) is 9.36 Å². The van der Waals surface area contributed by atoms with E-state index in [2.05, 4.69) is 26.0 Å². The van der Waals surface area contributed by atoms with Crippen molar-refractivity contribution in [2.24, 2.45) is 0 Å². The van der Waals surface area contributed by atoms with Crippen molar-refractivity contribution in [2.75, 3.05) is 54.1 Å². The fraction of sp³-hybridized carbons (Fsp3) is 0.950. The fourth-order valence-corrected chi connectivity index (χ4v) is 9.86. The molecular formula is C60H120NO7P. The number of phosphoric acid groups is 1. The number of phosphoric ester groups is 1. The van der Waals surface area contributed by atoms with Gasteiger partial charge in [-0.15, -0.1) is 0 Å². The molecule has 0 rings (SSSR count). The average molecular weight is 999 g/mol. The van der Waals surface area contributed by atoms with Crippen molar-refractivity contribution >= 4 is 13.8 Å². The molecule has 0 aliphatic carbocycles. The summed E-state index contributed by atoms with van der Waals surface area (Å²) in [6.45, 7) is 5.50. The molecule has 0 radical (unpaired) electrons. The van der Waals surface area contributed by atoms with Gasteiger partial charge >= 0.3 is 5.97 Å². The zero-order valence-corrected chi connectivity index (χ0v) is 47.9. The van der Waals surface area contributed by atoms with E-state index in [4.69, 9.17) is 18.5 Å². The highest BCUT2D eigenvalue weighted by Gasteiger charge is 2.20. The molecule has 9 heteroatoms. The molecule has 0 aromatic carbocycles. The summed E-state index contributed by atoms with van der Waals surface area (Å²) in [5, 5.41) is 0. The maximum atomic E-state index is 12.8. The van der Waals surface area contributed by atoms with Crippen LogP contribution in [0, 0.1) is 0 Å². The summed E-state index contributed by atoms with van der Waals surface area (Å²) in [7, 11) is 1.38. The van der Waals surface area contributed by atoms with Crippen LogP contribution in [0.25, 0.3) is 0 Å². The summed E-state index contributed by atoms with van der Waals surface area (Å²) in [6.07, 6.45) is 64.1. The quantitative estimate of drug-likeness (QED) is 0.0197. The second-order valence-electron chi connectivity index (χ2n) is 22.1. The molecule has 0 amide bonds. The van der Waals surface area contributed by atoms with Gasteiger partial charge in [-0.25, -0.2) is 0 Å². The number of esters is 1. The molecule has 0 N–H and O–H groups in total. The van der Waals surface area contributed by atoms with Crippen molar-refractivity contribution in [3.8, 4) is 0 Å². The van der Waals surface area contributed by atoms with Gasteiger partial charge in [-0.1, -0.05) is 276 Å². The maximum absolute atomic E-state index is 12.8. The van der Waals surface area contributed by atoms with Crippen molar-refractivity contribution in [2.45, 2.75) is 315 Å². The van der Waals surface area contributed by atoms with E-state index in [1.165, 1.54) is 257 Å². The van der Waals surface area contributed by atoms with Crippen molar-refractivity contribution in [1.29, 1.82) is 0 Å². The Morgan fingerprint density at radius 2 is 0.754 bits per heavy atom. The number of rotatable bonds is 58. The van der Waals surface area contributed by atoms with E-state index in [0.717, 1.165) is 32.1 Å². The molecule has 0 aliphatic heterocycles. The Bertz CT molecular complexity index is 1110. The smallest absolute Gasteiger partial charge is 0.306 e. The van der Waals surface area contributed by atoms with Gasteiger partial charge in [0, 0.05) is 13.0 Å². The van der Waals surface area contributed by atoms with Gasteiger partial charge in [0.05, 0.1) is 34.4 Å². The first-order chi connectivity index (χ1) is 33.6. The summed E-state index contributed by atoms with van der Waals surface area (Å²) < 4.78 is 34.9. The third-order valence-electron chi connectivity index (χ3n) is 13.8. The van der Waals surface area contributed by atoms with E-state index < -0.39 is 13.9 Å². The molecule has 0 fully saturated rings. The van der Waals surface area contributed by atoms with Gasteiger partial charge in [-0.2, -0.15) is 0 Å². The van der Waals surface area contributed by atoms with Gasteiger partial charge in [0.25, 0.3) is 7.82 Å². The normalized spacial score (nSPS) is 13.4. The first-order valence-corrected chi connectivity index (χ1v) is 31.9. The Labute approximate surface area is 431 Å². The minimum Gasteiger partial charge on any atom is -0.756 e. The largest absolute Gasteiger partial charge is 0.756 e. The minimum absolute atomic E-state index is 0.0301. The standard InChI is InChI=1S/C60H120NO7P/c1-6-8-10-12-14-16-18-20-22-24-26-28-30-32-34-36-38-40-42-44-46-48-50-52-55-65-57-59(58-67-69(63,64)66-56-54-61(3,4)5)68-60(62)53-51-49-47-45-43-41-39-37-35-33-31-29-27-25-23-21-19-17-15-13-11-9-7-2/h25,27,59H,6-24,26,28-58H2,1-5H3/b27-25-. The highest BCUT2D eigenvalue weighted by molar-refractivity contribution is 7.45. The van der Waals surface area contributed by atoms with Gasteiger partial charge in [0.15, 0.2) is 0 Å². The number of likely N-dealkylation sites (N-methyl/N-ethyl adjacent to an activating group) is 1. The average Bonchev–Trinajstić information content (AvgIpc) is 3.31. The number of carbonyl (C=O) groups excluding carboxylic acids is 1. The molecule has 0 aliphatic rings. The minimum atomic E-state index is -4.53. The van der Waals surface area contributed by atoms with Crippen LogP contribution in [0.4, 0.5) is 0 Å². The molecule has 412 valence electrons. The number of nitrogens with zero attached hydrogens (tertiary/aromatic N) is 1. The molecule has 0 aromatic heterocycles. The predicted molar refractivity (Wildman–Crippen MR) is 296 cm³/mol. The Balaban J connectivity index is 4.00. The fourth-order valence-electron chi connectivity index (χ4n) is 9.13. The van der Waals surface area contributed by atoms with Crippen LogP contribution in [-0.4, -0.2) is 70.7 Å². The molecule has 0 spiro atoms. The van der Waals surface area contributed by atoms with E-state index in [9.17, 15) is 14.3 Å². The number of carbonyl (C=O) groups is 1. The van der Waals surface area contributed by atoms with Crippen LogP contribution < -0.4 is 4.89 Å². The van der Waals surface area contributed by atoms with Crippen molar-refractivity contribution in [1.82, 2.24) is 0 Å². The number of hydrogen-bond acceptors (Lipinski definition) is 7. The maximum Gasteiger partial charge on any atom is 0.306 e. The number of allylic oxidation sites excluding steroid dienone is 2. The molecule has 0 saturated heterocycles. The number of unbranched alkanes of at least 4 members (excludes halogenated alkanes) is 42. The Morgan fingerprint density at radius 1 is 0.435 bits per heavy atom. The van der Waals surface area contributed by atoms with Crippen molar-refractivity contribution in [3.63, 3.8) is 0 Å². The summed E-state index contributed by atoms with van der Waals surface area (Å²) >= 11 is 0. The van der Waals surface area contributed by atoms with Crippen LogP contribution in [0.5, 0.6) is 0 Å². The van der Waals surface area contributed by atoms with Crippen molar-refractivity contribution in [3.05, 3.63) is 12.2 Å². The predicted octanol–water partition coefficient (Wildman–Crippen LogP) is 18.7. The molecule has 0 aromatic rings. The zero-order valence-electron chi connectivity index (χ0n) is 47.0. The Hall–Kier alpha value is -0.760. The summed E-state index contributed by atoms with van der Waals surface area (Å²) in [4.78, 5) is 25.3. The lowest BCUT2D eigenvalue weighted by Crippen LogP contribution is -2.37. The van der Waals surface area contributed by atoms with Crippen LogP contribution in [0.1, 0.15) is 309 Å². The first-order valence-electron chi connectivity index (χ1n) is 30.4. The lowest BCUT2D eigenvalue weighted by atomic mass is 10.0. The molecule has 8 nitrogen and oxygen atoms in total. The van der Waals surface area contributed by atoms with Crippen LogP contribution >= 0.6 is 7.82 Å².